The van der Waals surface area contributed by atoms with E-state index < -0.39 is 0 Å². The molecule has 0 radical (unpaired) electrons. The molecule has 1 saturated heterocycles. The third kappa shape index (κ3) is 5.12. The molecule has 31 heavy (non-hydrogen) atoms. The van der Waals surface area contributed by atoms with E-state index >= 15 is 0 Å². The van der Waals surface area contributed by atoms with Crippen LogP contribution < -0.4 is 15.0 Å². The standard InChI is InChI=1S/C24H27N5O2/c1-3-31-21-10-6-19(7-11-21)22-12-13-23(27-26-22)28-14-16-29(17-15-28)24(30)25-20-8-4-18(2)5-9-20/h4-13H,3,14-17H2,1-2H3,(H,25,30). The van der Waals surface area contributed by atoms with Crippen LogP contribution >= 0.6 is 0 Å². The minimum absolute atomic E-state index is 0.0690. The SMILES string of the molecule is CCOc1ccc(-c2ccc(N3CCN(C(=O)Nc4ccc(C)cc4)CC3)nn2)cc1. The monoisotopic (exact) mass is 417 g/mol. The van der Waals surface area contributed by atoms with Gasteiger partial charge in [0.1, 0.15) is 5.75 Å². The number of piperazine rings is 1. The lowest BCUT2D eigenvalue weighted by molar-refractivity contribution is 0.208. The van der Waals surface area contributed by atoms with Crippen LogP contribution in [-0.4, -0.2) is 53.9 Å². The van der Waals surface area contributed by atoms with E-state index in [9.17, 15) is 4.79 Å². The van der Waals surface area contributed by atoms with Gasteiger partial charge in [-0.15, -0.1) is 10.2 Å². The Morgan fingerprint density at radius 3 is 2.26 bits per heavy atom. The van der Waals surface area contributed by atoms with Crippen molar-refractivity contribution < 1.29 is 9.53 Å². The molecular formula is C24H27N5O2. The summed E-state index contributed by atoms with van der Waals surface area (Å²) in [7, 11) is 0. The van der Waals surface area contributed by atoms with Crippen LogP contribution in [0.4, 0.5) is 16.3 Å². The van der Waals surface area contributed by atoms with E-state index in [1.54, 1.807) is 0 Å². The summed E-state index contributed by atoms with van der Waals surface area (Å²) in [6.07, 6.45) is 0. The van der Waals surface area contributed by atoms with E-state index in [4.69, 9.17) is 4.74 Å². The second kappa shape index (κ2) is 9.47. The van der Waals surface area contributed by atoms with Crippen molar-refractivity contribution in [3.8, 4) is 17.0 Å². The van der Waals surface area contributed by atoms with Gasteiger partial charge < -0.3 is 19.9 Å². The van der Waals surface area contributed by atoms with E-state index in [1.165, 1.54) is 5.56 Å². The highest BCUT2D eigenvalue weighted by molar-refractivity contribution is 5.89. The Morgan fingerprint density at radius 2 is 1.65 bits per heavy atom. The average molecular weight is 418 g/mol. The molecule has 7 nitrogen and oxygen atoms in total. The molecule has 7 heteroatoms. The lowest BCUT2D eigenvalue weighted by Crippen LogP contribution is -2.50. The number of carbonyl (C=O) groups is 1. The first-order valence-electron chi connectivity index (χ1n) is 10.6. The summed E-state index contributed by atoms with van der Waals surface area (Å²) in [4.78, 5) is 16.5. The Morgan fingerprint density at radius 1 is 0.935 bits per heavy atom. The van der Waals surface area contributed by atoms with E-state index in [-0.39, 0.29) is 6.03 Å². The molecule has 2 amide bonds. The third-order valence-electron chi connectivity index (χ3n) is 5.31. The van der Waals surface area contributed by atoms with Gasteiger partial charge in [0.05, 0.1) is 12.3 Å². The van der Waals surface area contributed by atoms with E-state index in [0.29, 0.717) is 19.7 Å². The third-order valence-corrected chi connectivity index (χ3v) is 5.31. The number of hydrogen-bond donors (Lipinski definition) is 1. The Labute approximate surface area is 182 Å². The summed E-state index contributed by atoms with van der Waals surface area (Å²) < 4.78 is 5.48. The average Bonchev–Trinajstić information content (AvgIpc) is 2.81. The molecule has 0 saturated carbocycles. The number of aryl methyl sites for hydroxylation is 1. The topological polar surface area (TPSA) is 70.6 Å². The van der Waals surface area contributed by atoms with Crippen LogP contribution in [0.3, 0.4) is 0 Å². The lowest BCUT2D eigenvalue weighted by atomic mass is 10.1. The molecule has 0 unspecified atom stereocenters. The molecule has 0 spiro atoms. The molecule has 1 aliphatic heterocycles. The van der Waals surface area contributed by atoms with Crippen LogP contribution in [0.1, 0.15) is 12.5 Å². The fraction of sp³-hybridized carbons (Fsp3) is 0.292. The number of benzene rings is 2. The molecule has 1 N–H and O–H groups in total. The van der Waals surface area contributed by atoms with Crippen molar-refractivity contribution in [3.63, 3.8) is 0 Å². The molecule has 1 aliphatic rings. The van der Waals surface area contributed by atoms with Crippen LogP contribution in [0, 0.1) is 6.92 Å². The van der Waals surface area contributed by atoms with Gasteiger partial charge in [0, 0.05) is 37.4 Å². The van der Waals surface area contributed by atoms with Crippen LogP contribution in [0.2, 0.25) is 0 Å². The van der Waals surface area contributed by atoms with Crippen LogP contribution in [0.5, 0.6) is 5.75 Å². The van der Waals surface area contributed by atoms with E-state index in [0.717, 1.165) is 41.6 Å². The Balaban J connectivity index is 1.32. The van der Waals surface area contributed by atoms with Crippen LogP contribution in [0.15, 0.2) is 60.7 Å². The van der Waals surface area contributed by atoms with Crippen molar-refractivity contribution in [1.82, 2.24) is 15.1 Å². The van der Waals surface area contributed by atoms with Crippen molar-refractivity contribution >= 4 is 17.5 Å². The molecule has 3 aromatic rings. The van der Waals surface area contributed by atoms with Crippen molar-refractivity contribution in [2.45, 2.75) is 13.8 Å². The minimum atomic E-state index is -0.0690. The fourth-order valence-corrected chi connectivity index (χ4v) is 3.51. The van der Waals surface area contributed by atoms with Gasteiger partial charge in [0.25, 0.3) is 0 Å². The van der Waals surface area contributed by atoms with Gasteiger partial charge in [-0.1, -0.05) is 17.7 Å². The van der Waals surface area contributed by atoms with Gasteiger partial charge in [-0.2, -0.15) is 0 Å². The smallest absolute Gasteiger partial charge is 0.321 e. The predicted octanol–water partition coefficient (Wildman–Crippen LogP) is 4.20. The molecule has 1 fully saturated rings. The summed E-state index contributed by atoms with van der Waals surface area (Å²) in [5.41, 5.74) is 3.80. The number of carbonyl (C=O) groups excluding carboxylic acids is 1. The van der Waals surface area contributed by atoms with Crippen LogP contribution in [0.25, 0.3) is 11.3 Å². The highest BCUT2D eigenvalue weighted by Crippen LogP contribution is 2.22. The molecule has 1 aromatic heterocycles. The number of nitrogens with zero attached hydrogens (tertiary/aromatic N) is 4. The van der Waals surface area contributed by atoms with Crippen molar-refractivity contribution in [2.24, 2.45) is 0 Å². The summed E-state index contributed by atoms with van der Waals surface area (Å²) in [5, 5.41) is 11.8. The van der Waals surface area contributed by atoms with Gasteiger partial charge in [-0.3, -0.25) is 0 Å². The first kappa shape index (κ1) is 20.7. The number of amides is 2. The van der Waals surface area contributed by atoms with Gasteiger partial charge >= 0.3 is 6.03 Å². The Kier molecular flexibility index (Phi) is 6.31. The number of urea groups is 1. The summed E-state index contributed by atoms with van der Waals surface area (Å²) in [6, 6.07) is 19.6. The molecule has 160 valence electrons. The molecule has 0 atom stereocenters. The number of hydrogen-bond acceptors (Lipinski definition) is 5. The number of ether oxygens (including phenoxy) is 1. The first-order chi connectivity index (χ1) is 15.1. The number of anilines is 2. The van der Waals surface area contributed by atoms with Gasteiger partial charge in [-0.05, 0) is 62.4 Å². The fourth-order valence-electron chi connectivity index (χ4n) is 3.51. The quantitative estimate of drug-likeness (QED) is 0.674. The normalized spacial score (nSPS) is 13.7. The highest BCUT2D eigenvalue weighted by Gasteiger charge is 2.22. The number of nitrogens with one attached hydrogen (secondary N) is 1. The zero-order chi connectivity index (χ0) is 21.6. The summed E-state index contributed by atoms with van der Waals surface area (Å²) in [6.45, 7) is 7.36. The van der Waals surface area contributed by atoms with Gasteiger partial charge in [0.15, 0.2) is 5.82 Å². The Bertz CT molecular complexity index is 996. The summed E-state index contributed by atoms with van der Waals surface area (Å²) >= 11 is 0. The predicted molar refractivity (Wildman–Crippen MR) is 123 cm³/mol. The zero-order valence-corrected chi connectivity index (χ0v) is 17.9. The second-order valence-corrected chi connectivity index (χ2v) is 7.50. The number of rotatable bonds is 5. The Hall–Kier alpha value is -3.61. The van der Waals surface area contributed by atoms with Crippen molar-refractivity contribution in [2.75, 3.05) is 43.0 Å². The molecule has 2 aromatic carbocycles. The van der Waals surface area contributed by atoms with Gasteiger partial charge in [-0.25, -0.2) is 4.79 Å². The summed E-state index contributed by atoms with van der Waals surface area (Å²) in [5.74, 6) is 1.67. The zero-order valence-electron chi connectivity index (χ0n) is 17.9. The molecule has 0 bridgehead atoms. The van der Waals surface area contributed by atoms with Crippen LogP contribution in [-0.2, 0) is 0 Å². The minimum Gasteiger partial charge on any atom is -0.494 e. The molecule has 0 aliphatic carbocycles. The number of aromatic nitrogens is 2. The second-order valence-electron chi connectivity index (χ2n) is 7.50. The van der Waals surface area contributed by atoms with Crippen molar-refractivity contribution in [1.29, 1.82) is 0 Å². The van der Waals surface area contributed by atoms with Crippen molar-refractivity contribution in [3.05, 3.63) is 66.2 Å². The molecule has 2 heterocycles. The van der Waals surface area contributed by atoms with E-state index in [1.807, 2.05) is 79.4 Å². The highest BCUT2D eigenvalue weighted by atomic mass is 16.5. The van der Waals surface area contributed by atoms with E-state index in [2.05, 4.69) is 20.4 Å². The molecule has 4 rings (SSSR count). The maximum absolute atomic E-state index is 12.5. The lowest BCUT2D eigenvalue weighted by Gasteiger charge is -2.35. The maximum atomic E-state index is 12.5. The largest absolute Gasteiger partial charge is 0.494 e. The first-order valence-corrected chi connectivity index (χ1v) is 10.6. The maximum Gasteiger partial charge on any atom is 0.321 e. The van der Waals surface area contributed by atoms with Gasteiger partial charge in [0.2, 0.25) is 0 Å². The molecular weight excluding hydrogens is 390 g/mol.